The van der Waals surface area contributed by atoms with Gasteiger partial charge in [-0.3, -0.25) is 4.68 Å². The predicted molar refractivity (Wildman–Crippen MR) is 118 cm³/mol. The second-order valence-electron chi connectivity index (χ2n) is 8.61. The van der Waals surface area contributed by atoms with Crippen LogP contribution in [0.3, 0.4) is 0 Å². The number of nitrogens with one attached hydrogen (secondary N) is 1. The highest BCUT2D eigenvalue weighted by Gasteiger charge is 2.35. The lowest BCUT2D eigenvalue weighted by Gasteiger charge is -2.38. The first-order valence-electron chi connectivity index (χ1n) is 10.4. The van der Waals surface area contributed by atoms with Crippen LogP contribution in [-0.4, -0.2) is 28.2 Å². The van der Waals surface area contributed by atoms with Crippen LogP contribution >= 0.6 is 0 Å². The normalized spacial score (nSPS) is 18.5. The fourth-order valence-corrected chi connectivity index (χ4v) is 5.01. The van der Waals surface area contributed by atoms with Crippen LogP contribution in [0, 0.1) is 5.41 Å². The second-order valence-corrected chi connectivity index (χ2v) is 10.3. The van der Waals surface area contributed by atoms with E-state index in [9.17, 15) is 8.42 Å². The van der Waals surface area contributed by atoms with Crippen molar-refractivity contribution >= 4 is 16.0 Å². The fraction of sp³-hybridized carbons (Fsp3) is 0.409. The summed E-state index contributed by atoms with van der Waals surface area (Å²) in [4.78, 5) is 8.99. The maximum atomic E-state index is 12.8. The molecule has 31 heavy (non-hydrogen) atoms. The van der Waals surface area contributed by atoms with E-state index in [2.05, 4.69) is 33.6 Å². The first-order valence-corrected chi connectivity index (χ1v) is 11.8. The number of aryl methyl sites for hydroxylation is 1. The molecule has 1 unspecified atom stereocenters. The van der Waals surface area contributed by atoms with Crippen molar-refractivity contribution in [3.63, 3.8) is 0 Å². The molecule has 164 valence electrons. The summed E-state index contributed by atoms with van der Waals surface area (Å²) in [6, 6.07) is 11.1. The van der Waals surface area contributed by atoms with Gasteiger partial charge < -0.3 is 4.74 Å². The molecule has 0 spiro atoms. The number of ether oxygens (including phenoxy) is 1. The van der Waals surface area contributed by atoms with Crippen LogP contribution in [0.1, 0.15) is 51.1 Å². The topological polar surface area (TPSA) is 99.0 Å². The van der Waals surface area contributed by atoms with Crippen molar-refractivity contribution in [3.05, 3.63) is 54.5 Å². The Morgan fingerprint density at radius 1 is 1.16 bits per heavy atom. The number of sulfonamides is 1. The molecule has 4 rings (SSSR count). The van der Waals surface area contributed by atoms with Gasteiger partial charge in [0.25, 0.3) is 10.0 Å². The van der Waals surface area contributed by atoms with E-state index in [1.807, 2.05) is 36.4 Å². The highest BCUT2D eigenvalue weighted by molar-refractivity contribution is 7.92. The number of anilines is 1. The van der Waals surface area contributed by atoms with E-state index in [1.165, 1.54) is 23.5 Å². The maximum absolute atomic E-state index is 12.8. The number of hydrogen-bond acceptors (Lipinski definition) is 6. The molecule has 1 N–H and O–H groups in total. The molecule has 1 aliphatic rings. The Morgan fingerprint density at radius 2 is 1.94 bits per heavy atom. The minimum Gasteiger partial charge on any atom is -0.439 e. The first-order chi connectivity index (χ1) is 14.7. The second kappa shape index (κ2) is 8.30. The van der Waals surface area contributed by atoms with Gasteiger partial charge in [0.2, 0.25) is 11.8 Å². The van der Waals surface area contributed by atoms with E-state index in [0.29, 0.717) is 11.6 Å². The van der Waals surface area contributed by atoms with E-state index < -0.39 is 10.0 Å². The number of rotatable bonds is 6. The average molecular weight is 442 g/mol. The fourth-order valence-electron chi connectivity index (χ4n) is 4.09. The standard InChI is InChI=1S/C22H27N5O3S/c1-22(2)12-8-7-11-18(22)19-13-20(30-16-9-5-4-6-10-16)25-21(24-19)26-31(28,29)17-14-23-27(3)15-17/h4-6,9-10,13-15,18H,7-8,11-12H2,1-3H3,(H,24,25,26). The van der Waals surface area contributed by atoms with Gasteiger partial charge in [-0.2, -0.15) is 10.1 Å². The molecule has 0 amide bonds. The molecule has 1 fully saturated rings. The average Bonchev–Trinajstić information content (AvgIpc) is 3.15. The molecule has 0 bridgehead atoms. The monoisotopic (exact) mass is 441 g/mol. The molecule has 8 nitrogen and oxygen atoms in total. The summed E-state index contributed by atoms with van der Waals surface area (Å²) in [6.07, 6.45) is 7.10. The molecule has 2 aromatic heterocycles. The summed E-state index contributed by atoms with van der Waals surface area (Å²) < 4.78 is 35.5. The Kier molecular flexibility index (Phi) is 5.70. The first kappa shape index (κ1) is 21.3. The Labute approximate surface area is 182 Å². The van der Waals surface area contributed by atoms with Crippen LogP contribution in [-0.2, 0) is 17.1 Å². The Morgan fingerprint density at radius 3 is 2.61 bits per heavy atom. The third kappa shape index (κ3) is 4.87. The number of nitrogens with zero attached hydrogens (tertiary/aromatic N) is 4. The third-order valence-corrected chi connectivity index (χ3v) is 7.05. The highest BCUT2D eigenvalue weighted by atomic mass is 32.2. The molecular formula is C22H27N5O3S. The molecule has 0 saturated heterocycles. The Bertz CT molecular complexity index is 1160. The molecule has 1 atom stereocenters. The summed E-state index contributed by atoms with van der Waals surface area (Å²) in [7, 11) is -2.21. The quantitative estimate of drug-likeness (QED) is 0.605. The van der Waals surface area contributed by atoms with Gasteiger partial charge in [0.1, 0.15) is 10.6 Å². The Hall–Kier alpha value is -2.94. The molecule has 1 aromatic carbocycles. The maximum Gasteiger partial charge on any atom is 0.267 e. The number of aromatic nitrogens is 4. The number of para-hydroxylation sites is 1. The van der Waals surface area contributed by atoms with Gasteiger partial charge in [-0.15, -0.1) is 0 Å². The smallest absolute Gasteiger partial charge is 0.267 e. The van der Waals surface area contributed by atoms with E-state index in [1.54, 1.807) is 7.05 Å². The molecule has 1 aliphatic carbocycles. The summed E-state index contributed by atoms with van der Waals surface area (Å²) in [6.45, 7) is 4.46. The van der Waals surface area contributed by atoms with E-state index >= 15 is 0 Å². The number of benzene rings is 1. The van der Waals surface area contributed by atoms with Gasteiger partial charge in [0.15, 0.2) is 0 Å². The van der Waals surface area contributed by atoms with Crippen LogP contribution in [0.4, 0.5) is 5.95 Å². The molecule has 0 aliphatic heterocycles. The van der Waals surface area contributed by atoms with Crippen molar-refractivity contribution in [2.45, 2.75) is 50.3 Å². The largest absolute Gasteiger partial charge is 0.439 e. The molecule has 0 radical (unpaired) electrons. The lowest BCUT2D eigenvalue weighted by Crippen LogP contribution is -2.27. The molecule has 9 heteroatoms. The van der Waals surface area contributed by atoms with Crippen LogP contribution in [0.15, 0.2) is 53.7 Å². The summed E-state index contributed by atoms with van der Waals surface area (Å²) in [5.74, 6) is 1.11. The van der Waals surface area contributed by atoms with Crippen molar-refractivity contribution in [2.75, 3.05) is 4.72 Å². The van der Waals surface area contributed by atoms with Crippen LogP contribution < -0.4 is 9.46 Å². The van der Waals surface area contributed by atoms with Gasteiger partial charge in [-0.05, 0) is 30.4 Å². The highest BCUT2D eigenvalue weighted by Crippen LogP contribution is 2.46. The van der Waals surface area contributed by atoms with Crippen molar-refractivity contribution in [2.24, 2.45) is 12.5 Å². The van der Waals surface area contributed by atoms with Gasteiger partial charge in [0, 0.05) is 25.2 Å². The SMILES string of the molecule is Cn1cc(S(=O)(=O)Nc2nc(Oc3ccccc3)cc(C3CCCCC3(C)C)n2)cn1. The van der Waals surface area contributed by atoms with Gasteiger partial charge in [-0.25, -0.2) is 18.1 Å². The van der Waals surface area contributed by atoms with E-state index in [0.717, 1.165) is 25.0 Å². The predicted octanol–water partition coefficient (Wildman–Crippen LogP) is 4.49. The zero-order valence-electron chi connectivity index (χ0n) is 17.9. The van der Waals surface area contributed by atoms with Crippen LogP contribution in [0.25, 0.3) is 0 Å². The lowest BCUT2D eigenvalue weighted by molar-refractivity contribution is 0.196. The van der Waals surface area contributed by atoms with Gasteiger partial charge in [-0.1, -0.05) is 44.9 Å². The molecule has 1 saturated carbocycles. The number of hydrogen-bond donors (Lipinski definition) is 1. The van der Waals surface area contributed by atoms with Gasteiger partial charge >= 0.3 is 0 Å². The minimum atomic E-state index is -3.87. The van der Waals surface area contributed by atoms with E-state index in [-0.39, 0.29) is 22.2 Å². The molecular weight excluding hydrogens is 414 g/mol. The molecule has 2 heterocycles. The molecule has 3 aromatic rings. The van der Waals surface area contributed by atoms with Crippen LogP contribution in [0.5, 0.6) is 11.6 Å². The third-order valence-electron chi connectivity index (χ3n) is 5.77. The zero-order valence-corrected chi connectivity index (χ0v) is 18.8. The lowest BCUT2D eigenvalue weighted by atomic mass is 9.67. The van der Waals surface area contributed by atoms with Crippen molar-refractivity contribution in [3.8, 4) is 11.6 Å². The summed E-state index contributed by atoms with van der Waals surface area (Å²) in [5, 5.41) is 3.94. The zero-order chi connectivity index (χ0) is 22.1. The Balaban J connectivity index is 1.72. The summed E-state index contributed by atoms with van der Waals surface area (Å²) in [5.41, 5.74) is 0.838. The minimum absolute atomic E-state index is 0.00587. The van der Waals surface area contributed by atoms with Crippen molar-refractivity contribution in [1.82, 2.24) is 19.7 Å². The van der Waals surface area contributed by atoms with Crippen molar-refractivity contribution < 1.29 is 13.2 Å². The van der Waals surface area contributed by atoms with Crippen LogP contribution in [0.2, 0.25) is 0 Å². The van der Waals surface area contributed by atoms with E-state index in [4.69, 9.17) is 4.74 Å². The van der Waals surface area contributed by atoms with Crippen molar-refractivity contribution in [1.29, 1.82) is 0 Å². The summed E-state index contributed by atoms with van der Waals surface area (Å²) >= 11 is 0. The van der Waals surface area contributed by atoms with Gasteiger partial charge in [0.05, 0.1) is 11.9 Å².